The highest BCUT2D eigenvalue weighted by atomic mass is 16.5. The number of hydrogen-bond donors (Lipinski definition) is 1. The van der Waals surface area contributed by atoms with E-state index in [2.05, 4.69) is 9.97 Å². The van der Waals surface area contributed by atoms with E-state index in [1.807, 2.05) is 55.5 Å². The van der Waals surface area contributed by atoms with E-state index in [1.165, 1.54) is 0 Å². The van der Waals surface area contributed by atoms with Gasteiger partial charge in [-0.15, -0.1) is 0 Å². The summed E-state index contributed by atoms with van der Waals surface area (Å²) < 4.78 is 10.4. The summed E-state index contributed by atoms with van der Waals surface area (Å²) in [6.45, 7) is 2.00. The summed E-state index contributed by atoms with van der Waals surface area (Å²) in [4.78, 5) is 8.84. The van der Waals surface area contributed by atoms with E-state index in [0.29, 0.717) is 0 Å². The molecule has 0 aliphatic rings. The lowest BCUT2D eigenvalue weighted by molar-refractivity contribution is 0.415. The molecule has 3 aromatic rings. The number of aromatic nitrogens is 2. The number of anilines is 1. The average Bonchev–Trinajstić information content (AvgIpc) is 2.63. The van der Waals surface area contributed by atoms with Gasteiger partial charge in [0.1, 0.15) is 11.5 Å². The number of benzene rings is 2. The molecule has 0 aliphatic carbocycles. The van der Waals surface area contributed by atoms with Crippen LogP contribution in [0.25, 0.3) is 22.5 Å². The first-order valence-electron chi connectivity index (χ1n) is 7.55. The van der Waals surface area contributed by atoms with Gasteiger partial charge in [0.15, 0.2) is 0 Å². The van der Waals surface area contributed by atoms with Gasteiger partial charge in [-0.05, 0) is 55.5 Å². The fourth-order valence-corrected chi connectivity index (χ4v) is 2.59. The Morgan fingerprint density at radius 2 is 1.08 bits per heavy atom. The Kier molecular flexibility index (Phi) is 4.33. The van der Waals surface area contributed by atoms with Crippen LogP contribution in [0.2, 0.25) is 0 Å². The van der Waals surface area contributed by atoms with E-state index in [1.54, 1.807) is 14.2 Å². The maximum Gasteiger partial charge on any atom is 0.221 e. The summed E-state index contributed by atoms with van der Waals surface area (Å²) in [5.41, 5.74) is 10.5. The highest BCUT2D eigenvalue weighted by Gasteiger charge is 2.13. The Labute approximate surface area is 141 Å². The molecule has 2 aromatic carbocycles. The number of nitrogen functional groups attached to an aromatic ring is 1. The van der Waals surface area contributed by atoms with Crippen LogP contribution in [-0.4, -0.2) is 24.2 Å². The number of rotatable bonds is 4. The zero-order valence-corrected chi connectivity index (χ0v) is 13.9. The lowest BCUT2D eigenvalue weighted by atomic mass is 10.0. The number of hydrogen-bond acceptors (Lipinski definition) is 5. The van der Waals surface area contributed by atoms with Gasteiger partial charge in [-0.3, -0.25) is 0 Å². The molecule has 0 radical (unpaired) electrons. The quantitative estimate of drug-likeness (QED) is 0.793. The molecular formula is C19H19N3O2. The molecule has 0 unspecified atom stereocenters. The minimum Gasteiger partial charge on any atom is -0.497 e. The van der Waals surface area contributed by atoms with Crippen molar-refractivity contribution in [3.8, 4) is 34.0 Å². The summed E-state index contributed by atoms with van der Waals surface area (Å²) in [6, 6.07) is 15.5. The number of ether oxygens (including phenoxy) is 2. The van der Waals surface area contributed by atoms with Crippen molar-refractivity contribution >= 4 is 5.95 Å². The minimum atomic E-state index is 0.247. The SMILES string of the molecule is COc1ccc(-c2nc(N)nc(-c3ccc(OC)cc3)c2C)cc1. The van der Waals surface area contributed by atoms with Crippen molar-refractivity contribution in [1.82, 2.24) is 9.97 Å². The molecule has 24 heavy (non-hydrogen) atoms. The van der Waals surface area contributed by atoms with Crippen LogP contribution < -0.4 is 15.2 Å². The van der Waals surface area contributed by atoms with E-state index in [4.69, 9.17) is 15.2 Å². The fraction of sp³-hybridized carbons (Fsp3) is 0.158. The van der Waals surface area contributed by atoms with Crippen LogP contribution in [0.1, 0.15) is 5.56 Å². The lowest BCUT2D eigenvalue weighted by Gasteiger charge is -2.12. The molecule has 5 heteroatoms. The highest BCUT2D eigenvalue weighted by molar-refractivity contribution is 5.74. The second-order valence-electron chi connectivity index (χ2n) is 5.36. The third kappa shape index (κ3) is 3.01. The molecule has 1 heterocycles. The maximum absolute atomic E-state index is 5.94. The first kappa shape index (κ1) is 15.8. The second kappa shape index (κ2) is 6.58. The van der Waals surface area contributed by atoms with Gasteiger partial charge in [0.05, 0.1) is 25.6 Å². The first-order valence-corrected chi connectivity index (χ1v) is 7.55. The van der Waals surface area contributed by atoms with Gasteiger partial charge in [-0.1, -0.05) is 0 Å². The Hall–Kier alpha value is -3.08. The molecule has 0 fully saturated rings. The van der Waals surface area contributed by atoms with Crippen LogP contribution in [0.3, 0.4) is 0 Å². The predicted molar refractivity (Wildman–Crippen MR) is 95.2 cm³/mol. The van der Waals surface area contributed by atoms with Gasteiger partial charge in [-0.2, -0.15) is 0 Å². The summed E-state index contributed by atoms with van der Waals surface area (Å²) in [5.74, 6) is 1.85. The van der Waals surface area contributed by atoms with Crippen LogP contribution in [0.5, 0.6) is 11.5 Å². The first-order chi connectivity index (χ1) is 11.6. The van der Waals surface area contributed by atoms with Crippen molar-refractivity contribution in [1.29, 1.82) is 0 Å². The molecule has 0 atom stereocenters. The van der Waals surface area contributed by atoms with Crippen LogP contribution in [0, 0.1) is 6.92 Å². The van der Waals surface area contributed by atoms with Gasteiger partial charge in [0, 0.05) is 16.7 Å². The number of nitrogens with zero attached hydrogens (tertiary/aromatic N) is 2. The minimum absolute atomic E-state index is 0.247. The Balaban J connectivity index is 2.09. The number of nitrogens with two attached hydrogens (primary N) is 1. The molecule has 1 aromatic heterocycles. The molecule has 0 saturated carbocycles. The summed E-state index contributed by atoms with van der Waals surface area (Å²) in [7, 11) is 3.29. The summed E-state index contributed by atoms with van der Waals surface area (Å²) in [6.07, 6.45) is 0. The molecule has 0 bridgehead atoms. The lowest BCUT2D eigenvalue weighted by Crippen LogP contribution is -2.02. The molecule has 0 saturated heterocycles. The Morgan fingerprint density at radius 3 is 1.42 bits per heavy atom. The van der Waals surface area contributed by atoms with Crippen molar-refractivity contribution in [2.24, 2.45) is 0 Å². The predicted octanol–water partition coefficient (Wildman–Crippen LogP) is 3.72. The zero-order chi connectivity index (χ0) is 17.1. The fourth-order valence-electron chi connectivity index (χ4n) is 2.59. The van der Waals surface area contributed by atoms with Gasteiger partial charge >= 0.3 is 0 Å². The van der Waals surface area contributed by atoms with Gasteiger partial charge in [-0.25, -0.2) is 9.97 Å². The van der Waals surface area contributed by atoms with Crippen LogP contribution in [-0.2, 0) is 0 Å². The van der Waals surface area contributed by atoms with Crippen LogP contribution in [0.15, 0.2) is 48.5 Å². The highest BCUT2D eigenvalue weighted by Crippen LogP contribution is 2.31. The van der Waals surface area contributed by atoms with Gasteiger partial charge < -0.3 is 15.2 Å². The van der Waals surface area contributed by atoms with E-state index < -0.39 is 0 Å². The van der Waals surface area contributed by atoms with Gasteiger partial charge in [0.2, 0.25) is 5.95 Å². The van der Waals surface area contributed by atoms with E-state index >= 15 is 0 Å². The van der Waals surface area contributed by atoms with Crippen molar-refractivity contribution in [2.75, 3.05) is 20.0 Å². The molecule has 5 nitrogen and oxygen atoms in total. The molecule has 0 amide bonds. The molecule has 2 N–H and O–H groups in total. The summed E-state index contributed by atoms with van der Waals surface area (Å²) >= 11 is 0. The van der Waals surface area contributed by atoms with Crippen molar-refractivity contribution < 1.29 is 9.47 Å². The van der Waals surface area contributed by atoms with Crippen LogP contribution >= 0.6 is 0 Å². The summed E-state index contributed by atoms with van der Waals surface area (Å²) in [5, 5.41) is 0. The smallest absolute Gasteiger partial charge is 0.221 e. The van der Waals surface area contributed by atoms with Crippen LogP contribution in [0.4, 0.5) is 5.95 Å². The molecular weight excluding hydrogens is 302 g/mol. The second-order valence-corrected chi connectivity index (χ2v) is 5.36. The standard InChI is InChI=1S/C19H19N3O2/c1-12-17(13-4-8-15(23-2)9-5-13)21-19(20)22-18(12)14-6-10-16(24-3)11-7-14/h4-11H,1-3H3,(H2,20,21,22). The van der Waals surface area contributed by atoms with E-state index in [-0.39, 0.29) is 5.95 Å². The van der Waals surface area contributed by atoms with Crippen molar-refractivity contribution in [2.45, 2.75) is 6.92 Å². The molecule has 122 valence electrons. The largest absolute Gasteiger partial charge is 0.497 e. The monoisotopic (exact) mass is 321 g/mol. The molecule has 0 aliphatic heterocycles. The van der Waals surface area contributed by atoms with Crippen molar-refractivity contribution in [3.63, 3.8) is 0 Å². The average molecular weight is 321 g/mol. The number of methoxy groups -OCH3 is 2. The zero-order valence-electron chi connectivity index (χ0n) is 13.9. The third-order valence-electron chi connectivity index (χ3n) is 3.89. The van der Waals surface area contributed by atoms with E-state index in [9.17, 15) is 0 Å². The van der Waals surface area contributed by atoms with Crippen molar-refractivity contribution in [3.05, 3.63) is 54.1 Å². The normalized spacial score (nSPS) is 10.5. The molecule has 0 spiro atoms. The Morgan fingerprint density at radius 1 is 0.708 bits per heavy atom. The Bertz CT molecular complexity index is 775. The van der Waals surface area contributed by atoms with Gasteiger partial charge in [0.25, 0.3) is 0 Å². The maximum atomic E-state index is 5.94. The topological polar surface area (TPSA) is 70.3 Å². The third-order valence-corrected chi connectivity index (χ3v) is 3.89. The molecule has 3 rings (SSSR count). The van der Waals surface area contributed by atoms with E-state index in [0.717, 1.165) is 39.6 Å².